The lowest BCUT2D eigenvalue weighted by Crippen LogP contribution is -2.61. The van der Waals surface area contributed by atoms with Gasteiger partial charge in [-0.15, -0.1) is 0 Å². The highest BCUT2D eigenvalue weighted by molar-refractivity contribution is 14.1. The quantitative estimate of drug-likeness (QED) is 0.404. The zero-order valence-corrected chi connectivity index (χ0v) is 22.1. The first-order chi connectivity index (χ1) is 15.2. The molecule has 5 fully saturated rings. The van der Waals surface area contributed by atoms with E-state index in [0.29, 0.717) is 28.1 Å². The van der Waals surface area contributed by atoms with E-state index in [0.717, 1.165) is 37.0 Å². The van der Waals surface area contributed by atoms with Crippen LogP contribution in [0.15, 0.2) is 23.1 Å². The highest BCUT2D eigenvalue weighted by atomic mass is 127. The summed E-state index contributed by atoms with van der Waals surface area (Å²) in [6.45, 7) is 5.13. The highest BCUT2D eigenvalue weighted by Gasteiger charge is 2.58. The second kappa shape index (κ2) is 8.52. The Hall–Kier alpha value is -0.670. The summed E-state index contributed by atoms with van der Waals surface area (Å²) in [4.78, 5) is 13.6. The van der Waals surface area contributed by atoms with Crippen LogP contribution in [0.2, 0.25) is 0 Å². The minimum atomic E-state index is -3.57. The van der Waals surface area contributed by atoms with Gasteiger partial charge in [-0.3, -0.25) is 4.79 Å². The van der Waals surface area contributed by atoms with Crippen molar-refractivity contribution in [3.63, 3.8) is 0 Å². The first-order valence-corrected chi connectivity index (χ1v) is 14.9. The molecule has 1 heterocycles. The molecule has 1 aromatic carbocycles. The van der Waals surface area contributed by atoms with Gasteiger partial charge in [0, 0.05) is 34.0 Å². The maximum atomic E-state index is 13.3. The second-order valence-corrected chi connectivity index (χ2v) is 14.1. The molecule has 4 bridgehead atoms. The Morgan fingerprint density at radius 1 is 1.12 bits per heavy atom. The number of benzene rings is 1. The fourth-order valence-electron chi connectivity index (χ4n) is 7.32. The van der Waals surface area contributed by atoms with Crippen LogP contribution in [0.3, 0.4) is 0 Å². The molecule has 1 saturated heterocycles. The molecular formula is C25H35IN2O3S. The Morgan fingerprint density at radius 2 is 1.78 bits per heavy atom. The molecule has 0 spiro atoms. The minimum Gasteiger partial charge on any atom is -0.349 e. The van der Waals surface area contributed by atoms with Crippen molar-refractivity contribution in [3.05, 3.63) is 29.3 Å². The van der Waals surface area contributed by atoms with Gasteiger partial charge in [0.25, 0.3) is 5.91 Å². The molecule has 7 heteroatoms. The maximum absolute atomic E-state index is 13.3. The fourth-order valence-corrected chi connectivity index (χ4v) is 10.7. The van der Waals surface area contributed by atoms with Gasteiger partial charge in [0.15, 0.2) is 0 Å². The van der Waals surface area contributed by atoms with Crippen molar-refractivity contribution in [2.75, 3.05) is 13.1 Å². The van der Waals surface area contributed by atoms with Gasteiger partial charge in [-0.1, -0.05) is 35.1 Å². The average molecular weight is 571 g/mol. The van der Waals surface area contributed by atoms with Gasteiger partial charge in [0.05, 0.1) is 4.90 Å². The van der Waals surface area contributed by atoms with Crippen LogP contribution in [0.1, 0.15) is 74.2 Å². The number of hydrogen-bond donors (Lipinski definition) is 1. The number of carbonyl (C=O) groups is 1. The summed E-state index contributed by atoms with van der Waals surface area (Å²) < 4.78 is 28.7. The number of nitrogens with zero attached hydrogens (tertiary/aromatic N) is 1. The Morgan fingerprint density at radius 3 is 2.44 bits per heavy atom. The number of sulfonamides is 1. The van der Waals surface area contributed by atoms with Crippen molar-refractivity contribution >= 4 is 38.5 Å². The van der Waals surface area contributed by atoms with Crippen LogP contribution in [0.5, 0.6) is 0 Å². The lowest BCUT2D eigenvalue weighted by atomic mass is 9.48. The first-order valence-electron chi connectivity index (χ1n) is 12.3. The minimum absolute atomic E-state index is 0.0914. The van der Waals surface area contributed by atoms with Crippen LogP contribution < -0.4 is 5.32 Å². The number of amides is 1. The smallest absolute Gasteiger partial charge is 0.251 e. The molecule has 1 aromatic rings. The van der Waals surface area contributed by atoms with Crippen molar-refractivity contribution in [2.45, 2.75) is 80.1 Å². The van der Waals surface area contributed by atoms with E-state index < -0.39 is 10.0 Å². The van der Waals surface area contributed by atoms with Crippen molar-refractivity contribution < 1.29 is 13.2 Å². The number of halogens is 1. The summed E-state index contributed by atoms with van der Waals surface area (Å²) in [7, 11) is -3.57. The fraction of sp³-hybridized carbons (Fsp3) is 0.720. The molecule has 0 radical (unpaired) electrons. The first kappa shape index (κ1) is 23.1. The molecule has 4 aliphatic carbocycles. The molecule has 0 aromatic heterocycles. The van der Waals surface area contributed by atoms with E-state index in [1.165, 1.54) is 32.1 Å². The summed E-state index contributed by atoms with van der Waals surface area (Å²) in [5, 5.41) is 3.31. The molecule has 176 valence electrons. The molecule has 5 aliphatic rings. The average Bonchev–Trinajstić information content (AvgIpc) is 2.77. The predicted octanol–water partition coefficient (Wildman–Crippen LogP) is 4.92. The normalized spacial score (nSPS) is 35.6. The number of aryl methyl sites for hydroxylation is 1. The van der Waals surface area contributed by atoms with Crippen molar-refractivity contribution in [3.8, 4) is 0 Å². The lowest BCUT2D eigenvalue weighted by molar-refractivity contribution is -0.0562. The van der Waals surface area contributed by atoms with Crippen LogP contribution in [-0.4, -0.2) is 41.7 Å². The molecular weight excluding hydrogens is 535 g/mol. The summed E-state index contributed by atoms with van der Waals surface area (Å²) in [6.07, 6.45) is 9.42. The van der Waals surface area contributed by atoms with E-state index in [4.69, 9.17) is 0 Å². The molecule has 1 aliphatic heterocycles. The van der Waals surface area contributed by atoms with Crippen molar-refractivity contribution in [1.29, 1.82) is 0 Å². The lowest BCUT2D eigenvalue weighted by Gasteiger charge is -2.61. The van der Waals surface area contributed by atoms with Gasteiger partial charge in [0.1, 0.15) is 0 Å². The number of piperidine rings is 1. The summed E-state index contributed by atoms with van der Waals surface area (Å²) >= 11 is 2.66. The number of nitrogens with one attached hydrogen (secondary N) is 1. The van der Waals surface area contributed by atoms with Crippen LogP contribution in [0.4, 0.5) is 0 Å². The molecule has 1 amide bonds. The zero-order chi connectivity index (χ0) is 22.7. The standard InChI is InChI=1S/C25H35IN2O3S/c1-16-6-7-20(13-22(16)32(30,31)28-8-4-3-5-9-28)24(29)27-17(2)25-14-18-10-19(15-25)12-21(11-18)23(25)26/h6-7,13,17-19,21,23H,3-5,8-12,14-15H2,1-2H3,(H,27,29). The zero-order valence-electron chi connectivity index (χ0n) is 19.1. The van der Waals surface area contributed by atoms with Gasteiger partial charge in [0.2, 0.25) is 10.0 Å². The van der Waals surface area contributed by atoms with E-state index in [2.05, 4.69) is 34.8 Å². The molecule has 4 atom stereocenters. The topological polar surface area (TPSA) is 66.5 Å². The number of hydrogen-bond acceptors (Lipinski definition) is 3. The van der Waals surface area contributed by atoms with Gasteiger partial charge in [-0.25, -0.2) is 8.42 Å². The second-order valence-electron chi connectivity index (χ2n) is 10.9. The SMILES string of the molecule is Cc1ccc(C(=O)NC(C)C23CC4CC(CC(C4)C2I)C3)cc1S(=O)(=O)N1CCCCC1. The summed E-state index contributed by atoms with van der Waals surface area (Å²) in [5.74, 6) is 2.28. The monoisotopic (exact) mass is 570 g/mol. The Labute approximate surface area is 206 Å². The molecule has 4 unspecified atom stereocenters. The Balaban J connectivity index is 1.37. The Bertz CT molecular complexity index is 990. The van der Waals surface area contributed by atoms with Crippen LogP contribution in [0.25, 0.3) is 0 Å². The van der Waals surface area contributed by atoms with E-state index in [1.54, 1.807) is 22.5 Å². The van der Waals surface area contributed by atoms with Crippen LogP contribution in [0, 0.1) is 30.1 Å². The van der Waals surface area contributed by atoms with Crippen LogP contribution >= 0.6 is 22.6 Å². The third-order valence-electron chi connectivity index (χ3n) is 8.83. The molecule has 32 heavy (non-hydrogen) atoms. The molecule has 1 N–H and O–H groups in total. The van der Waals surface area contributed by atoms with E-state index in [9.17, 15) is 13.2 Å². The maximum Gasteiger partial charge on any atom is 0.251 e. The molecule has 5 nitrogen and oxygen atoms in total. The van der Waals surface area contributed by atoms with Gasteiger partial charge < -0.3 is 5.32 Å². The van der Waals surface area contributed by atoms with Gasteiger partial charge in [-0.2, -0.15) is 4.31 Å². The van der Waals surface area contributed by atoms with Crippen molar-refractivity contribution in [1.82, 2.24) is 9.62 Å². The van der Waals surface area contributed by atoms with E-state index >= 15 is 0 Å². The molecule has 4 saturated carbocycles. The van der Waals surface area contributed by atoms with Gasteiger partial charge >= 0.3 is 0 Å². The molecule has 6 rings (SSSR count). The van der Waals surface area contributed by atoms with Crippen LogP contribution in [-0.2, 0) is 10.0 Å². The largest absolute Gasteiger partial charge is 0.349 e. The number of rotatable bonds is 5. The Kier molecular flexibility index (Phi) is 6.15. The third-order valence-corrected chi connectivity index (χ3v) is 13.1. The highest BCUT2D eigenvalue weighted by Crippen LogP contribution is 2.63. The summed E-state index contributed by atoms with van der Waals surface area (Å²) in [5.41, 5.74) is 1.33. The third kappa shape index (κ3) is 3.84. The van der Waals surface area contributed by atoms with Crippen molar-refractivity contribution in [2.24, 2.45) is 23.2 Å². The van der Waals surface area contributed by atoms with Gasteiger partial charge in [-0.05, 0) is 94.2 Å². The summed E-state index contributed by atoms with van der Waals surface area (Å²) in [6, 6.07) is 5.24. The van der Waals surface area contributed by atoms with E-state index in [1.807, 2.05) is 6.92 Å². The number of alkyl halides is 1. The number of carbonyl (C=O) groups excluding carboxylic acids is 1. The van der Waals surface area contributed by atoms with E-state index in [-0.39, 0.29) is 22.3 Å². The predicted molar refractivity (Wildman–Crippen MR) is 135 cm³/mol.